The summed E-state index contributed by atoms with van der Waals surface area (Å²) in [5.41, 5.74) is 6.80. The van der Waals surface area contributed by atoms with Crippen LogP contribution in [0.15, 0.2) is 6.07 Å². The van der Waals surface area contributed by atoms with E-state index in [4.69, 9.17) is 10.6 Å². The van der Waals surface area contributed by atoms with Gasteiger partial charge in [-0.2, -0.15) is 0 Å². The van der Waals surface area contributed by atoms with Gasteiger partial charge in [0.05, 0.1) is 7.11 Å². The van der Waals surface area contributed by atoms with Crippen molar-refractivity contribution in [3.05, 3.63) is 28.3 Å². The van der Waals surface area contributed by atoms with Crippen molar-refractivity contribution in [2.45, 2.75) is 27.2 Å². The Morgan fingerprint density at radius 2 is 2.00 bits per heavy atom. The predicted molar refractivity (Wildman–Crippen MR) is 76.3 cm³/mol. The zero-order chi connectivity index (χ0) is 14.6. The normalized spacial score (nSPS) is 10.2. The van der Waals surface area contributed by atoms with Crippen LogP contribution in [0.4, 0.5) is 4.79 Å². The van der Waals surface area contributed by atoms with Crippen LogP contribution in [-0.2, 0) is 6.42 Å². The first-order chi connectivity index (χ1) is 8.92. The van der Waals surface area contributed by atoms with Crippen molar-refractivity contribution in [3.8, 4) is 5.75 Å². The highest BCUT2D eigenvalue weighted by atomic mass is 16.5. The van der Waals surface area contributed by atoms with Crippen LogP contribution in [0, 0.1) is 20.8 Å². The Labute approximate surface area is 114 Å². The van der Waals surface area contributed by atoms with Gasteiger partial charge in [-0.25, -0.2) is 10.6 Å². The number of benzene rings is 1. The Morgan fingerprint density at radius 1 is 1.37 bits per heavy atom. The van der Waals surface area contributed by atoms with Gasteiger partial charge >= 0.3 is 6.03 Å². The van der Waals surface area contributed by atoms with Crippen molar-refractivity contribution in [3.63, 3.8) is 0 Å². The number of hydrazine groups is 1. The fraction of sp³-hybridized carbons (Fsp3) is 0.500. The molecule has 106 valence electrons. The second kappa shape index (κ2) is 6.43. The minimum absolute atomic E-state index is 0.291. The highest BCUT2D eigenvalue weighted by Crippen LogP contribution is 2.29. The highest BCUT2D eigenvalue weighted by molar-refractivity contribution is 5.73. The molecule has 0 aliphatic carbocycles. The van der Waals surface area contributed by atoms with Gasteiger partial charge in [0.15, 0.2) is 0 Å². The molecule has 0 unspecified atom stereocenters. The fourth-order valence-electron chi connectivity index (χ4n) is 2.18. The molecule has 3 N–H and O–H groups in total. The Bertz CT molecular complexity index is 472. The smallest absolute Gasteiger partial charge is 0.331 e. The molecule has 0 fully saturated rings. The van der Waals surface area contributed by atoms with E-state index < -0.39 is 0 Å². The van der Waals surface area contributed by atoms with Gasteiger partial charge in [-0.05, 0) is 49.4 Å². The van der Waals surface area contributed by atoms with Crippen LogP contribution in [0.3, 0.4) is 0 Å². The number of amides is 2. The molecule has 0 radical (unpaired) electrons. The largest absolute Gasteiger partial charge is 0.496 e. The molecule has 19 heavy (non-hydrogen) atoms. The number of carbonyl (C=O) groups is 1. The van der Waals surface area contributed by atoms with Crippen molar-refractivity contribution in [1.82, 2.24) is 10.3 Å². The van der Waals surface area contributed by atoms with Crippen molar-refractivity contribution in [1.29, 1.82) is 0 Å². The quantitative estimate of drug-likeness (QED) is 0.494. The summed E-state index contributed by atoms with van der Waals surface area (Å²) in [6.07, 6.45) is 0.736. The topological polar surface area (TPSA) is 67.6 Å². The van der Waals surface area contributed by atoms with Gasteiger partial charge in [-0.15, -0.1) is 0 Å². The molecule has 0 saturated heterocycles. The van der Waals surface area contributed by atoms with Gasteiger partial charge in [0.1, 0.15) is 5.75 Å². The minimum atomic E-state index is -0.291. The molecule has 1 aromatic rings. The van der Waals surface area contributed by atoms with Crippen molar-refractivity contribution in [2.75, 3.05) is 20.7 Å². The number of nitrogens with zero attached hydrogens (tertiary/aromatic N) is 1. The van der Waals surface area contributed by atoms with Gasteiger partial charge in [-0.3, -0.25) is 5.43 Å². The van der Waals surface area contributed by atoms with E-state index in [1.807, 2.05) is 6.92 Å². The fourth-order valence-corrected chi connectivity index (χ4v) is 2.18. The van der Waals surface area contributed by atoms with E-state index in [2.05, 4.69) is 25.3 Å². The number of likely N-dealkylation sites (N-methyl/N-ethyl adjacent to an activating group) is 1. The summed E-state index contributed by atoms with van der Waals surface area (Å²) in [6.45, 7) is 6.77. The summed E-state index contributed by atoms with van der Waals surface area (Å²) < 4.78 is 5.51. The molecule has 0 aliphatic rings. The predicted octanol–water partition coefficient (Wildman–Crippen LogP) is 1.68. The number of ether oxygens (including phenoxy) is 1. The van der Waals surface area contributed by atoms with Crippen LogP contribution < -0.4 is 16.0 Å². The number of nitrogens with two attached hydrogens (primary N) is 1. The van der Waals surface area contributed by atoms with E-state index in [-0.39, 0.29) is 6.03 Å². The molecule has 1 rings (SSSR count). The van der Waals surface area contributed by atoms with Crippen LogP contribution in [0.25, 0.3) is 0 Å². The van der Waals surface area contributed by atoms with Crippen molar-refractivity contribution in [2.24, 2.45) is 5.84 Å². The highest BCUT2D eigenvalue weighted by Gasteiger charge is 2.14. The molecule has 0 atom stereocenters. The molecular weight excluding hydrogens is 242 g/mol. The zero-order valence-electron chi connectivity index (χ0n) is 12.3. The number of carbonyl (C=O) groups excluding carboxylic acids is 1. The Kier molecular flexibility index (Phi) is 5.18. The van der Waals surface area contributed by atoms with Crippen LogP contribution in [0.2, 0.25) is 0 Å². The lowest BCUT2D eigenvalue weighted by Crippen LogP contribution is -2.42. The summed E-state index contributed by atoms with van der Waals surface area (Å²) in [5.74, 6) is 6.02. The summed E-state index contributed by atoms with van der Waals surface area (Å²) in [7, 11) is 3.39. The van der Waals surface area contributed by atoms with E-state index in [1.165, 1.54) is 11.1 Å². The van der Waals surface area contributed by atoms with E-state index in [0.29, 0.717) is 6.54 Å². The molecule has 0 aliphatic heterocycles. The summed E-state index contributed by atoms with van der Waals surface area (Å²) >= 11 is 0. The van der Waals surface area contributed by atoms with E-state index in [0.717, 1.165) is 23.3 Å². The van der Waals surface area contributed by atoms with Gasteiger partial charge in [0, 0.05) is 13.6 Å². The van der Waals surface area contributed by atoms with Crippen molar-refractivity contribution < 1.29 is 9.53 Å². The van der Waals surface area contributed by atoms with Gasteiger partial charge in [0.25, 0.3) is 0 Å². The van der Waals surface area contributed by atoms with Gasteiger partial charge in [0.2, 0.25) is 0 Å². The standard InChI is InChI=1S/C14H23N3O2/c1-9-8-10(2)12(13(19-5)11(9)3)6-7-17(4)14(18)16-15/h8H,6-7,15H2,1-5H3,(H,16,18). The van der Waals surface area contributed by atoms with Gasteiger partial charge in [-0.1, -0.05) is 6.07 Å². The maximum Gasteiger partial charge on any atom is 0.331 e. The average Bonchev–Trinajstić information content (AvgIpc) is 2.39. The first-order valence-electron chi connectivity index (χ1n) is 6.27. The minimum Gasteiger partial charge on any atom is -0.496 e. The Balaban J connectivity index is 2.95. The second-order valence-electron chi connectivity index (χ2n) is 4.77. The number of aryl methyl sites for hydroxylation is 2. The molecule has 0 heterocycles. The number of urea groups is 1. The molecule has 0 aromatic heterocycles. The number of rotatable bonds is 4. The summed E-state index contributed by atoms with van der Waals surface area (Å²) in [5, 5.41) is 0. The second-order valence-corrected chi connectivity index (χ2v) is 4.77. The third-order valence-corrected chi connectivity index (χ3v) is 3.49. The van der Waals surface area contributed by atoms with Crippen LogP contribution in [0.1, 0.15) is 22.3 Å². The van der Waals surface area contributed by atoms with E-state index in [1.54, 1.807) is 19.1 Å². The molecule has 0 spiro atoms. The molecule has 2 amide bonds. The summed E-state index contributed by atoms with van der Waals surface area (Å²) in [6, 6.07) is 1.86. The Hall–Kier alpha value is -1.75. The van der Waals surface area contributed by atoms with Crippen LogP contribution in [0.5, 0.6) is 5.75 Å². The lowest BCUT2D eigenvalue weighted by molar-refractivity contribution is 0.209. The average molecular weight is 265 g/mol. The molecule has 5 nitrogen and oxygen atoms in total. The number of methoxy groups -OCH3 is 1. The number of hydrogen-bond donors (Lipinski definition) is 2. The third-order valence-electron chi connectivity index (χ3n) is 3.49. The van der Waals surface area contributed by atoms with Crippen LogP contribution in [-0.4, -0.2) is 31.6 Å². The molecule has 5 heteroatoms. The Morgan fingerprint density at radius 3 is 2.53 bits per heavy atom. The SMILES string of the molecule is COc1c(C)c(C)cc(C)c1CCN(C)C(=O)NN. The molecule has 0 saturated carbocycles. The van der Waals surface area contributed by atoms with Crippen molar-refractivity contribution >= 4 is 6.03 Å². The molecular formula is C14H23N3O2. The first-order valence-corrected chi connectivity index (χ1v) is 6.27. The molecule has 1 aromatic carbocycles. The lowest BCUT2D eigenvalue weighted by atomic mass is 9.97. The lowest BCUT2D eigenvalue weighted by Gasteiger charge is -2.20. The summed E-state index contributed by atoms with van der Waals surface area (Å²) in [4.78, 5) is 12.9. The maximum absolute atomic E-state index is 11.4. The van der Waals surface area contributed by atoms with E-state index in [9.17, 15) is 4.79 Å². The number of hydrogen-bond acceptors (Lipinski definition) is 3. The zero-order valence-corrected chi connectivity index (χ0v) is 12.3. The maximum atomic E-state index is 11.4. The third kappa shape index (κ3) is 3.38. The molecule has 0 bridgehead atoms. The first kappa shape index (κ1) is 15.3. The monoisotopic (exact) mass is 265 g/mol. The number of nitrogens with one attached hydrogen (secondary N) is 1. The van der Waals surface area contributed by atoms with Gasteiger partial charge < -0.3 is 9.64 Å². The van der Waals surface area contributed by atoms with Crippen LogP contribution >= 0.6 is 0 Å². The van der Waals surface area contributed by atoms with E-state index >= 15 is 0 Å².